The van der Waals surface area contributed by atoms with Gasteiger partial charge >= 0.3 is 12.1 Å². The van der Waals surface area contributed by atoms with Gasteiger partial charge in [-0.3, -0.25) is 4.31 Å². The highest BCUT2D eigenvalue weighted by Gasteiger charge is 2.39. The van der Waals surface area contributed by atoms with Crippen LogP contribution in [-0.2, 0) is 21.0 Å². The number of nitrogens with zero attached hydrogens (tertiary/aromatic N) is 1. The number of fused-ring (bicyclic) bond motifs is 1. The summed E-state index contributed by atoms with van der Waals surface area (Å²) in [6, 6.07) is 11.1. The Labute approximate surface area is 219 Å². The summed E-state index contributed by atoms with van der Waals surface area (Å²) in [5.41, 5.74) is 4.17. The Hall–Kier alpha value is -3.53. The lowest BCUT2D eigenvalue weighted by Crippen LogP contribution is -2.30. The van der Waals surface area contributed by atoms with Crippen molar-refractivity contribution in [3.63, 3.8) is 0 Å². The monoisotopic (exact) mass is 547 g/mol. The third kappa shape index (κ3) is 4.97. The zero-order valence-electron chi connectivity index (χ0n) is 21.4. The van der Waals surface area contributed by atoms with Gasteiger partial charge in [-0.2, -0.15) is 13.2 Å². The highest BCUT2D eigenvalue weighted by Crippen LogP contribution is 2.48. The van der Waals surface area contributed by atoms with Crippen LogP contribution >= 0.6 is 0 Å². The Kier molecular flexibility index (Phi) is 7.22. The van der Waals surface area contributed by atoms with Crippen LogP contribution in [0.4, 0.5) is 18.9 Å². The molecule has 6 nitrogen and oxygen atoms in total. The molecule has 1 aliphatic rings. The molecule has 3 aromatic rings. The van der Waals surface area contributed by atoms with E-state index in [0.29, 0.717) is 28.8 Å². The highest BCUT2D eigenvalue weighted by atomic mass is 32.2. The average molecular weight is 548 g/mol. The third-order valence-electron chi connectivity index (χ3n) is 6.94. The number of sulfonamides is 1. The number of hydrogen-bond donors (Lipinski definition) is 1. The van der Waals surface area contributed by atoms with Crippen LogP contribution in [0.1, 0.15) is 47.1 Å². The summed E-state index contributed by atoms with van der Waals surface area (Å²) in [5.74, 6) is -0.943. The number of halogens is 3. The van der Waals surface area contributed by atoms with Crippen molar-refractivity contribution in [1.29, 1.82) is 0 Å². The molecule has 38 heavy (non-hydrogen) atoms. The lowest BCUT2D eigenvalue weighted by atomic mass is 9.87. The van der Waals surface area contributed by atoms with E-state index in [1.54, 1.807) is 13.8 Å². The Morgan fingerprint density at radius 2 is 1.71 bits per heavy atom. The highest BCUT2D eigenvalue weighted by molar-refractivity contribution is 7.92. The van der Waals surface area contributed by atoms with Gasteiger partial charge in [0.2, 0.25) is 0 Å². The van der Waals surface area contributed by atoms with E-state index in [1.165, 1.54) is 34.6 Å². The van der Waals surface area contributed by atoms with Gasteiger partial charge < -0.3 is 9.84 Å². The summed E-state index contributed by atoms with van der Waals surface area (Å²) in [6.07, 6.45) is -3.75. The van der Waals surface area contributed by atoms with Crippen molar-refractivity contribution in [3.05, 3.63) is 76.3 Å². The second-order valence-electron chi connectivity index (χ2n) is 9.45. The van der Waals surface area contributed by atoms with E-state index in [-0.39, 0.29) is 23.1 Å². The number of ether oxygens (including phenoxy) is 1. The molecule has 0 bridgehead atoms. The number of aliphatic carboxylic acids is 1. The quantitative estimate of drug-likeness (QED) is 0.367. The van der Waals surface area contributed by atoms with E-state index in [9.17, 15) is 26.4 Å². The van der Waals surface area contributed by atoms with Crippen LogP contribution in [0.15, 0.2) is 53.4 Å². The van der Waals surface area contributed by atoms with Crippen molar-refractivity contribution in [3.8, 4) is 16.9 Å². The van der Waals surface area contributed by atoms with Crippen molar-refractivity contribution in [2.45, 2.75) is 51.1 Å². The Morgan fingerprint density at radius 1 is 1.05 bits per heavy atom. The van der Waals surface area contributed by atoms with Gasteiger partial charge in [0.25, 0.3) is 10.0 Å². The molecule has 0 aromatic heterocycles. The second-order valence-corrected chi connectivity index (χ2v) is 11.3. The van der Waals surface area contributed by atoms with Gasteiger partial charge in [0, 0.05) is 12.5 Å². The summed E-state index contributed by atoms with van der Waals surface area (Å²) in [4.78, 5) is 10.9. The fourth-order valence-corrected chi connectivity index (χ4v) is 6.72. The molecule has 0 saturated carbocycles. The number of carboxylic acids is 1. The van der Waals surface area contributed by atoms with Gasteiger partial charge in [0.05, 0.1) is 16.1 Å². The van der Waals surface area contributed by atoms with Gasteiger partial charge in [-0.1, -0.05) is 19.1 Å². The first kappa shape index (κ1) is 27.5. The Bertz CT molecular complexity index is 1500. The summed E-state index contributed by atoms with van der Waals surface area (Å²) in [5, 5.41) is 8.85. The van der Waals surface area contributed by atoms with Gasteiger partial charge in [0.1, 0.15) is 5.75 Å². The molecule has 1 aliphatic heterocycles. The first-order chi connectivity index (χ1) is 17.8. The second kappa shape index (κ2) is 9.98. The number of anilines is 1. The first-order valence-electron chi connectivity index (χ1n) is 12.0. The first-order valence-corrected chi connectivity index (χ1v) is 13.5. The van der Waals surface area contributed by atoms with Crippen molar-refractivity contribution in [2.75, 3.05) is 17.5 Å². The number of hydrogen-bond acceptors (Lipinski definition) is 4. The summed E-state index contributed by atoms with van der Waals surface area (Å²) in [7, 11) is -3.97. The molecule has 1 atom stereocenters. The van der Waals surface area contributed by atoms with Crippen LogP contribution in [0.2, 0.25) is 0 Å². The molecule has 4 rings (SSSR count). The minimum absolute atomic E-state index is 0.0595. The predicted molar refractivity (Wildman–Crippen MR) is 138 cm³/mol. The van der Waals surface area contributed by atoms with E-state index >= 15 is 0 Å². The largest absolute Gasteiger partial charge is 0.482 e. The maximum absolute atomic E-state index is 13.8. The molecule has 1 unspecified atom stereocenters. The van der Waals surface area contributed by atoms with Crippen molar-refractivity contribution in [2.24, 2.45) is 0 Å². The summed E-state index contributed by atoms with van der Waals surface area (Å²) >= 11 is 0. The van der Waals surface area contributed by atoms with E-state index < -0.39 is 34.3 Å². The Morgan fingerprint density at radius 3 is 2.26 bits per heavy atom. The topological polar surface area (TPSA) is 83.9 Å². The zero-order valence-corrected chi connectivity index (χ0v) is 22.2. The lowest BCUT2D eigenvalue weighted by molar-refractivity contribution is -0.139. The number of carboxylic acid groups (broad SMARTS) is 1. The molecule has 1 heterocycles. The lowest BCUT2D eigenvalue weighted by Gasteiger charge is -2.23. The summed E-state index contributed by atoms with van der Waals surface area (Å²) in [6.45, 7) is 7.01. The maximum atomic E-state index is 13.8. The van der Waals surface area contributed by atoms with E-state index in [2.05, 4.69) is 0 Å². The zero-order chi connectivity index (χ0) is 28.0. The normalized spacial score (nSPS) is 15.4. The van der Waals surface area contributed by atoms with Gasteiger partial charge in [-0.05, 0) is 97.0 Å². The Balaban J connectivity index is 1.77. The molecule has 0 fully saturated rings. The SMILES string of the molecule is CCC1CN(S(=O)(=O)c2ccc(OCC(=O)O)c(C)c2)c2c(C)cc(-c3ccc(C(F)(F)F)cc3)c(C)c21. The molecule has 1 N–H and O–H groups in total. The fraction of sp³-hybridized carbons (Fsp3) is 0.321. The van der Waals surface area contributed by atoms with Gasteiger partial charge in [-0.25, -0.2) is 13.2 Å². The molecule has 10 heteroatoms. The predicted octanol–water partition coefficient (Wildman–Crippen LogP) is 6.46. The minimum atomic E-state index is -4.43. The number of aryl methyl sites for hydroxylation is 2. The smallest absolute Gasteiger partial charge is 0.416 e. The van der Waals surface area contributed by atoms with E-state index in [4.69, 9.17) is 9.84 Å². The summed E-state index contributed by atoms with van der Waals surface area (Å²) < 4.78 is 73.5. The van der Waals surface area contributed by atoms with Crippen LogP contribution in [-0.4, -0.2) is 32.6 Å². The van der Waals surface area contributed by atoms with Crippen LogP contribution in [0, 0.1) is 20.8 Å². The number of carbonyl (C=O) groups is 1. The van der Waals surface area contributed by atoms with Crippen molar-refractivity contribution >= 4 is 21.7 Å². The molecular weight excluding hydrogens is 519 g/mol. The van der Waals surface area contributed by atoms with E-state index in [0.717, 1.165) is 28.8 Å². The number of rotatable bonds is 7. The van der Waals surface area contributed by atoms with Crippen molar-refractivity contribution < 1.29 is 36.2 Å². The van der Waals surface area contributed by atoms with Crippen LogP contribution < -0.4 is 9.04 Å². The van der Waals surface area contributed by atoms with Crippen LogP contribution in [0.3, 0.4) is 0 Å². The molecule has 0 spiro atoms. The molecule has 0 saturated heterocycles. The average Bonchev–Trinajstić information content (AvgIpc) is 3.26. The number of alkyl halides is 3. The molecule has 0 radical (unpaired) electrons. The number of benzene rings is 3. The van der Waals surface area contributed by atoms with E-state index in [1.807, 2.05) is 19.9 Å². The van der Waals surface area contributed by atoms with Crippen LogP contribution in [0.25, 0.3) is 11.1 Å². The molecule has 3 aromatic carbocycles. The molecule has 202 valence electrons. The standard InChI is InChI=1S/C28H28F3NO5S/c1-5-19-14-32(38(35,36)22-10-11-24(16(2)12-22)37-15-25(33)34)27-17(3)13-23(18(4)26(19)27)20-6-8-21(9-7-20)28(29,30)31/h6-13,19H,5,14-15H2,1-4H3,(H,33,34). The molecule has 0 amide bonds. The third-order valence-corrected chi connectivity index (χ3v) is 8.70. The molecule has 0 aliphatic carbocycles. The van der Waals surface area contributed by atoms with Crippen molar-refractivity contribution in [1.82, 2.24) is 0 Å². The fourth-order valence-electron chi connectivity index (χ4n) is 5.04. The minimum Gasteiger partial charge on any atom is -0.482 e. The maximum Gasteiger partial charge on any atom is 0.416 e. The van der Waals surface area contributed by atoms with Crippen LogP contribution in [0.5, 0.6) is 5.75 Å². The molecular formula is C28H28F3NO5S. The van der Waals surface area contributed by atoms with Gasteiger partial charge in [0.15, 0.2) is 6.61 Å². The van der Waals surface area contributed by atoms with Gasteiger partial charge in [-0.15, -0.1) is 0 Å².